The first kappa shape index (κ1) is 29.2. The first-order valence-corrected chi connectivity index (χ1v) is 17.6. The lowest BCUT2D eigenvalue weighted by atomic mass is 9.99. The van der Waals surface area contributed by atoms with E-state index in [0.717, 1.165) is 35.2 Å². The number of anilines is 1. The Bertz CT molecular complexity index is 2310. The number of aliphatic hydroxyl groups excluding tert-OH is 1. The minimum absolute atomic E-state index is 0.0107. The largest absolute Gasteiger partial charge is 0.416 e. The lowest BCUT2D eigenvalue weighted by molar-refractivity contribution is -0.137. The van der Waals surface area contributed by atoms with E-state index in [9.17, 15) is 27.5 Å². The minimum Gasteiger partial charge on any atom is -0.384 e. The van der Waals surface area contributed by atoms with E-state index in [1.807, 2.05) is 0 Å². The van der Waals surface area contributed by atoms with E-state index in [4.69, 9.17) is 15.7 Å². The number of ether oxygens (including phenoxy) is 1. The first-order valence-electron chi connectivity index (χ1n) is 20.8. The molecule has 0 saturated carbocycles. The summed E-state index contributed by atoms with van der Waals surface area (Å²) in [5, 5.41) is 11.0. The van der Waals surface area contributed by atoms with Crippen molar-refractivity contribution in [2.24, 2.45) is 0 Å². The van der Waals surface area contributed by atoms with Gasteiger partial charge in [0.05, 0.1) is 22.7 Å². The van der Waals surface area contributed by atoms with Crippen LogP contribution in [0, 0.1) is 18.6 Å². The Hall–Kier alpha value is -4.23. The number of halogens is 5. The van der Waals surface area contributed by atoms with E-state index in [0.29, 0.717) is 16.7 Å². The number of carbonyl (C=O) groups excluding carboxylic acids is 1. The number of likely N-dealkylation sites (tertiary alicyclic amines) is 1. The molecule has 1 unspecified atom stereocenters. The normalized spacial score (nSPS) is 19.6. The molecule has 0 radical (unpaired) electrons. The Morgan fingerprint density at radius 3 is 2.38 bits per heavy atom. The van der Waals surface area contributed by atoms with E-state index >= 15 is 4.39 Å². The smallest absolute Gasteiger partial charge is 0.384 e. The number of fused-ring (bicyclic) bond motifs is 1. The van der Waals surface area contributed by atoms with Crippen LogP contribution in [-0.4, -0.2) is 66.7 Å². The van der Waals surface area contributed by atoms with Gasteiger partial charge in [-0.1, -0.05) is 66.2 Å². The third-order valence-electron chi connectivity index (χ3n) is 9.01. The maximum Gasteiger partial charge on any atom is 0.416 e. The fourth-order valence-corrected chi connectivity index (χ4v) is 7.00. The summed E-state index contributed by atoms with van der Waals surface area (Å²) in [6.45, 7) is -0.967. The minimum atomic E-state index is -4.51. The van der Waals surface area contributed by atoms with Crippen LogP contribution in [-0.2, 0) is 28.0 Å². The second-order valence-corrected chi connectivity index (χ2v) is 13.4. The standard InChI is InChI=1S/C41H42F5N3O3S/c1-27-6-15-36-34(22-27)37(50)23-39(53-26-31-4-3-5-35(42)40(31)43)49(36)25-38(51)48(33-16-18-47(19-17-33)20-21-52-2)24-28-7-9-29(10-8-28)30-11-13-32(14-12-30)41(44,45)46/h3-15,22-23,33,37,50H,16-21,24-26H2,1-2H3/i6D,15D,20D2,22D,23D,26D2. The fraction of sp³-hybridized carbons (Fsp3) is 0.341. The molecule has 2 heterocycles. The predicted octanol–water partition coefficient (Wildman–Crippen LogP) is 8.73. The molecule has 2 aliphatic heterocycles. The zero-order chi connectivity index (χ0) is 44.8. The molecule has 1 amide bonds. The van der Waals surface area contributed by atoms with E-state index < -0.39 is 88.9 Å². The van der Waals surface area contributed by atoms with Gasteiger partial charge in [0, 0.05) is 67.3 Å². The van der Waals surface area contributed by atoms with E-state index in [2.05, 4.69) is 0 Å². The molecule has 6 nitrogen and oxygen atoms in total. The van der Waals surface area contributed by atoms with Crippen molar-refractivity contribution in [1.82, 2.24) is 9.80 Å². The molecule has 53 heavy (non-hydrogen) atoms. The van der Waals surface area contributed by atoms with Crippen LogP contribution >= 0.6 is 11.8 Å². The van der Waals surface area contributed by atoms with E-state index in [1.165, 1.54) is 31.1 Å². The summed E-state index contributed by atoms with van der Waals surface area (Å²) < 4.78 is 144. The van der Waals surface area contributed by atoms with E-state index in [1.54, 1.807) is 29.2 Å². The van der Waals surface area contributed by atoms with Crippen molar-refractivity contribution in [3.63, 3.8) is 0 Å². The van der Waals surface area contributed by atoms with Crippen LogP contribution in [0.4, 0.5) is 27.6 Å². The maximum absolute atomic E-state index is 15.1. The molecule has 6 rings (SSSR count). The molecule has 12 heteroatoms. The fourth-order valence-electron chi connectivity index (χ4n) is 6.20. The summed E-state index contributed by atoms with van der Waals surface area (Å²) >= 11 is 0.195. The third-order valence-corrected chi connectivity index (χ3v) is 9.86. The van der Waals surface area contributed by atoms with Crippen molar-refractivity contribution in [1.29, 1.82) is 0 Å². The topological polar surface area (TPSA) is 56.3 Å². The number of hydrogen-bond acceptors (Lipinski definition) is 6. The Morgan fingerprint density at radius 1 is 1.04 bits per heavy atom. The van der Waals surface area contributed by atoms with Crippen LogP contribution in [0.25, 0.3) is 11.1 Å². The van der Waals surface area contributed by atoms with Gasteiger partial charge in [0.15, 0.2) is 11.6 Å². The van der Waals surface area contributed by atoms with Gasteiger partial charge >= 0.3 is 6.18 Å². The molecule has 1 N–H and O–H groups in total. The monoisotopic (exact) mass is 759 g/mol. The molecule has 280 valence electrons. The molecule has 1 saturated heterocycles. The van der Waals surface area contributed by atoms with Crippen LogP contribution in [0.3, 0.4) is 0 Å². The van der Waals surface area contributed by atoms with Crippen molar-refractivity contribution >= 4 is 23.4 Å². The highest BCUT2D eigenvalue weighted by atomic mass is 32.2. The number of hydrogen-bond donors (Lipinski definition) is 1. The average molecular weight is 760 g/mol. The number of nitrogens with zero attached hydrogens (tertiary/aromatic N) is 3. The highest BCUT2D eigenvalue weighted by Crippen LogP contribution is 2.41. The van der Waals surface area contributed by atoms with Gasteiger partial charge in [-0.05, 0) is 66.7 Å². The maximum atomic E-state index is 15.1. The molecule has 1 atom stereocenters. The van der Waals surface area contributed by atoms with Gasteiger partial charge in [0.1, 0.15) is 12.6 Å². The molecule has 0 aromatic heterocycles. The van der Waals surface area contributed by atoms with Crippen molar-refractivity contribution < 1.29 is 47.6 Å². The highest BCUT2D eigenvalue weighted by molar-refractivity contribution is 8.02. The Labute approximate surface area is 322 Å². The molecule has 0 spiro atoms. The second-order valence-electron chi connectivity index (χ2n) is 12.6. The predicted molar refractivity (Wildman–Crippen MR) is 198 cm³/mol. The van der Waals surface area contributed by atoms with Gasteiger partial charge in [0.2, 0.25) is 5.91 Å². The molecular weight excluding hydrogens is 710 g/mol. The summed E-state index contributed by atoms with van der Waals surface area (Å²) in [6, 6.07) is 11.8. The van der Waals surface area contributed by atoms with Crippen LogP contribution in [0.5, 0.6) is 0 Å². The molecule has 0 bridgehead atoms. The van der Waals surface area contributed by atoms with Gasteiger partial charge in [0.25, 0.3) is 0 Å². The van der Waals surface area contributed by atoms with Crippen molar-refractivity contribution in [3.05, 3.63) is 135 Å². The van der Waals surface area contributed by atoms with E-state index in [-0.39, 0.29) is 73.7 Å². The number of benzene rings is 4. The number of thioether (sulfide) groups is 1. The lowest BCUT2D eigenvalue weighted by Gasteiger charge is -2.40. The number of rotatable bonds is 12. The summed E-state index contributed by atoms with van der Waals surface area (Å²) in [6.07, 6.45) is -5.85. The quantitative estimate of drug-likeness (QED) is 0.146. The number of piperidine rings is 1. The van der Waals surface area contributed by atoms with Gasteiger partial charge in [-0.15, -0.1) is 11.8 Å². The van der Waals surface area contributed by atoms with Gasteiger partial charge < -0.3 is 24.5 Å². The molecule has 0 aliphatic carbocycles. The molecule has 4 aromatic rings. The van der Waals surface area contributed by atoms with Gasteiger partial charge in [-0.2, -0.15) is 13.2 Å². The van der Waals surface area contributed by atoms with Crippen molar-refractivity contribution in [2.75, 3.05) is 44.7 Å². The number of alkyl halides is 3. The summed E-state index contributed by atoms with van der Waals surface area (Å²) in [4.78, 5) is 19.1. The first-order chi connectivity index (χ1) is 28.6. The van der Waals surface area contributed by atoms with Crippen LogP contribution in [0.1, 0.15) is 57.7 Å². The summed E-state index contributed by atoms with van der Waals surface area (Å²) in [5.41, 5.74) is -3.21. The number of aliphatic hydroxyl groups is 1. The molecule has 2 aliphatic rings. The molecule has 4 aromatic carbocycles. The second kappa shape index (κ2) is 16.8. The number of carbonyl (C=O) groups is 1. The van der Waals surface area contributed by atoms with Gasteiger partial charge in [-0.3, -0.25) is 4.79 Å². The molecule has 1 fully saturated rings. The van der Waals surface area contributed by atoms with Crippen molar-refractivity contribution in [2.45, 2.75) is 50.3 Å². The Morgan fingerprint density at radius 2 is 1.72 bits per heavy atom. The van der Waals surface area contributed by atoms with Crippen molar-refractivity contribution in [3.8, 4) is 11.1 Å². The average Bonchev–Trinajstić information content (AvgIpc) is 3.21. The zero-order valence-electron chi connectivity index (χ0n) is 36.9. The van der Waals surface area contributed by atoms with Crippen LogP contribution in [0.15, 0.2) is 95.9 Å². The SMILES string of the molecule is [2H]C1=C(SC([2H])([2H])c2cccc(F)c2F)N(CC(=O)N(Cc2ccc(-c3ccc(C(F)(F)F)cc3)cc2)C2CCN(C([2H])([2H])COC)CC2)c2c([2H])c([2H])c(C)c([2H])c2C1O. The highest BCUT2D eigenvalue weighted by Gasteiger charge is 2.33. The summed E-state index contributed by atoms with van der Waals surface area (Å²) in [5.74, 6) is -3.48. The lowest BCUT2D eigenvalue weighted by Crippen LogP contribution is -2.50. The Kier molecular flexibility index (Phi) is 9.27. The molecular formula is C41H42F5N3O3S. The zero-order valence-corrected chi connectivity index (χ0v) is 29.7. The number of methoxy groups -OCH3 is 1. The van der Waals surface area contributed by atoms with Crippen LogP contribution < -0.4 is 4.90 Å². The van der Waals surface area contributed by atoms with Crippen LogP contribution in [0.2, 0.25) is 0 Å². The third kappa shape index (κ3) is 9.29. The summed E-state index contributed by atoms with van der Waals surface area (Å²) in [7, 11) is 1.38. The Balaban J connectivity index is 1.39. The number of amides is 1. The van der Waals surface area contributed by atoms with Gasteiger partial charge in [-0.25, -0.2) is 8.78 Å².